The summed E-state index contributed by atoms with van der Waals surface area (Å²) in [5.74, 6) is -1.08. The molecule has 5 nitrogen and oxygen atoms in total. The minimum absolute atomic E-state index is 0.108. The van der Waals surface area contributed by atoms with Crippen LogP contribution < -0.4 is 5.32 Å². The molecule has 0 saturated carbocycles. The molecule has 2 aromatic rings. The monoisotopic (exact) mass is 368 g/mol. The van der Waals surface area contributed by atoms with Gasteiger partial charge < -0.3 is 14.6 Å². The van der Waals surface area contributed by atoms with Gasteiger partial charge >= 0.3 is 0 Å². The summed E-state index contributed by atoms with van der Waals surface area (Å²) in [6, 6.07) is 9.31. The molecule has 2 rings (SSSR count). The van der Waals surface area contributed by atoms with Crippen LogP contribution in [-0.4, -0.2) is 30.3 Å². The van der Waals surface area contributed by atoms with Gasteiger partial charge in [0.15, 0.2) is 10.4 Å². The second-order valence-electron chi connectivity index (χ2n) is 4.63. The van der Waals surface area contributed by atoms with Crippen molar-refractivity contribution in [1.82, 2.24) is 10.2 Å². The maximum absolute atomic E-state index is 13.5. The number of hydrogen-bond donors (Lipinski definition) is 1. The third-order valence-corrected chi connectivity index (χ3v) is 3.41. The van der Waals surface area contributed by atoms with E-state index in [2.05, 4.69) is 21.2 Å². The third kappa shape index (κ3) is 4.17. The lowest BCUT2D eigenvalue weighted by molar-refractivity contribution is -0.129. The van der Waals surface area contributed by atoms with Crippen molar-refractivity contribution < 1.29 is 18.4 Å². The van der Waals surface area contributed by atoms with E-state index in [-0.39, 0.29) is 30.6 Å². The number of benzene rings is 1. The first-order valence-electron chi connectivity index (χ1n) is 6.48. The molecule has 0 spiro atoms. The van der Waals surface area contributed by atoms with E-state index in [1.807, 2.05) is 0 Å². The number of halogens is 2. The zero-order chi connectivity index (χ0) is 16.1. The number of rotatable bonds is 5. The molecular weight excluding hydrogens is 355 g/mol. The first kappa shape index (κ1) is 16.2. The Morgan fingerprint density at radius 2 is 2.00 bits per heavy atom. The highest BCUT2D eigenvalue weighted by Crippen LogP contribution is 2.13. The van der Waals surface area contributed by atoms with Gasteiger partial charge in [-0.25, -0.2) is 4.39 Å². The molecule has 0 unspecified atom stereocenters. The van der Waals surface area contributed by atoms with Crippen molar-refractivity contribution in [3.63, 3.8) is 0 Å². The van der Waals surface area contributed by atoms with Crippen LogP contribution in [0, 0.1) is 5.82 Å². The van der Waals surface area contributed by atoms with Gasteiger partial charge in [0.25, 0.3) is 5.91 Å². The highest BCUT2D eigenvalue weighted by Gasteiger charge is 2.15. The molecule has 1 aromatic heterocycles. The highest BCUT2D eigenvalue weighted by atomic mass is 79.9. The summed E-state index contributed by atoms with van der Waals surface area (Å²) < 4.78 is 19.0. The lowest BCUT2D eigenvalue weighted by Gasteiger charge is -2.17. The molecule has 1 heterocycles. The molecule has 1 N–H and O–H groups in total. The van der Waals surface area contributed by atoms with Crippen molar-refractivity contribution in [2.24, 2.45) is 0 Å². The quantitative estimate of drug-likeness (QED) is 0.881. The maximum Gasteiger partial charge on any atom is 0.287 e. The molecule has 7 heteroatoms. The molecule has 2 amide bonds. The van der Waals surface area contributed by atoms with Gasteiger partial charge in [0.1, 0.15) is 5.82 Å². The van der Waals surface area contributed by atoms with Crippen LogP contribution >= 0.6 is 15.9 Å². The predicted molar refractivity (Wildman–Crippen MR) is 81.6 cm³/mol. The van der Waals surface area contributed by atoms with E-state index in [1.54, 1.807) is 31.3 Å². The Morgan fingerprint density at radius 1 is 1.27 bits per heavy atom. The molecule has 0 aliphatic rings. The van der Waals surface area contributed by atoms with Gasteiger partial charge in [-0.3, -0.25) is 9.59 Å². The van der Waals surface area contributed by atoms with Crippen LogP contribution in [0.3, 0.4) is 0 Å². The Hall–Kier alpha value is -2.15. The summed E-state index contributed by atoms with van der Waals surface area (Å²) >= 11 is 3.09. The van der Waals surface area contributed by atoms with Gasteiger partial charge in [-0.15, -0.1) is 0 Å². The Morgan fingerprint density at radius 3 is 2.64 bits per heavy atom. The smallest absolute Gasteiger partial charge is 0.287 e. The van der Waals surface area contributed by atoms with Crippen molar-refractivity contribution in [2.75, 3.05) is 13.6 Å². The van der Waals surface area contributed by atoms with Crippen LogP contribution in [0.2, 0.25) is 0 Å². The van der Waals surface area contributed by atoms with E-state index in [4.69, 9.17) is 4.42 Å². The number of nitrogens with zero attached hydrogens (tertiary/aromatic N) is 1. The van der Waals surface area contributed by atoms with Gasteiger partial charge in [-0.2, -0.15) is 0 Å². The molecule has 0 atom stereocenters. The van der Waals surface area contributed by atoms with Gasteiger partial charge in [0.2, 0.25) is 5.91 Å². The van der Waals surface area contributed by atoms with Crippen LogP contribution in [0.1, 0.15) is 16.1 Å². The fourth-order valence-corrected chi connectivity index (χ4v) is 2.09. The molecular formula is C15H14BrFN2O3. The molecule has 0 fully saturated rings. The van der Waals surface area contributed by atoms with Crippen molar-refractivity contribution in [3.8, 4) is 0 Å². The number of hydrogen-bond acceptors (Lipinski definition) is 3. The highest BCUT2D eigenvalue weighted by molar-refractivity contribution is 9.10. The lowest BCUT2D eigenvalue weighted by atomic mass is 10.2. The second kappa shape index (κ2) is 7.22. The van der Waals surface area contributed by atoms with Crippen LogP contribution in [0.15, 0.2) is 45.5 Å². The average molecular weight is 369 g/mol. The molecule has 0 saturated heterocycles. The first-order valence-corrected chi connectivity index (χ1v) is 7.27. The summed E-state index contributed by atoms with van der Waals surface area (Å²) in [6.45, 7) is -0.0597. The standard InChI is InChI=1S/C15H14BrFN2O3/c1-19(9-10-4-2-3-5-11(10)17)14(20)8-18-15(21)12-6-7-13(16)22-12/h2-7H,8-9H2,1H3,(H,18,21). The van der Waals surface area contributed by atoms with Crippen molar-refractivity contribution in [3.05, 3.63) is 58.2 Å². The Balaban J connectivity index is 1.86. The maximum atomic E-state index is 13.5. The van der Waals surface area contributed by atoms with E-state index in [0.717, 1.165) is 0 Å². The zero-order valence-electron chi connectivity index (χ0n) is 11.8. The number of amides is 2. The fourth-order valence-electron chi connectivity index (χ4n) is 1.78. The number of nitrogens with one attached hydrogen (secondary N) is 1. The summed E-state index contributed by atoms with van der Waals surface area (Å²) in [5.41, 5.74) is 0.416. The van der Waals surface area contributed by atoms with E-state index in [9.17, 15) is 14.0 Å². The largest absolute Gasteiger partial charge is 0.444 e. The Labute approximate surface area is 135 Å². The van der Waals surface area contributed by atoms with Crippen molar-refractivity contribution >= 4 is 27.7 Å². The van der Waals surface area contributed by atoms with E-state index >= 15 is 0 Å². The van der Waals surface area contributed by atoms with E-state index in [0.29, 0.717) is 10.2 Å². The summed E-state index contributed by atoms with van der Waals surface area (Å²) in [4.78, 5) is 25.0. The van der Waals surface area contributed by atoms with E-state index < -0.39 is 5.91 Å². The summed E-state index contributed by atoms with van der Waals surface area (Å²) in [7, 11) is 1.55. The second-order valence-corrected chi connectivity index (χ2v) is 5.41. The van der Waals surface area contributed by atoms with Crippen molar-refractivity contribution in [1.29, 1.82) is 0 Å². The summed E-state index contributed by atoms with van der Waals surface area (Å²) in [5, 5.41) is 2.45. The normalized spacial score (nSPS) is 10.3. The number of likely N-dealkylation sites (N-methyl/N-ethyl adjacent to an activating group) is 1. The van der Waals surface area contributed by atoms with Gasteiger partial charge in [0, 0.05) is 19.2 Å². The van der Waals surface area contributed by atoms with Crippen LogP contribution in [-0.2, 0) is 11.3 Å². The molecule has 1 aromatic carbocycles. The number of carbonyl (C=O) groups is 2. The first-order chi connectivity index (χ1) is 10.5. The Kier molecular flexibility index (Phi) is 5.32. The van der Waals surface area contributed by atoms with Gasteiger partial charge in [-0.05, 0) is 34.1 Å². The van der Waals surface area contributed by atoms with Gasteiger partial charge in [0.05, 0.1) is 6.54 Å². The van der Waals surface area contributed by atoms with Crippen LogP contribution in [0.25, 0.3) is 0 Å². The molecule has 0 aliphatic carbocycles. The third-order valence-electron chi connectivity index (χ3n) is 2.99. The zero-order valence-corrected chi connectivity index (χ0v) is 13.4. The molecule has 116 valence electrons. The fraction of sp³-hybridized carbons (Fsp3) is 0.200. The molecule has 22 heavy (non-hydrogen) atoms. The number of furan rings is 1. The minimum Gasteiger partial charge on any atom is -0.444 e. The molecule has 0 aliphatic heterocycles. The number of carbonyl (C=O) groups excluding carboxylic acids is 2. The van der Waals surface area contributed by atoms with Crippen molar-refractivity contribution in [2.45, 2.75) is 6.54 Å². The minimum atomic E-state index is -0.488. The molecule has 0 bridgehead atoms. The lowest BCUT2D eigenvalue weighted by Crippen LogP contribution is -2.37. The predicted octanol–water partition coefficient (Wildman–Crippen LogP) is 2.57. The van der Waals surface area contributed by atoms with E-state index in [1.165, 1.54) is 17.0 Å². The van der Waals surface area contributed by atoms with Gasteiger partial charge in [-0.1, -0.05) is 18.2 Å². The van der Waals surface area contributed by atoms with Crippen LogP contribution in [0.4, 0.5) is 4.39 Å². The SMILES string of the molecule is CN(Cc1ccccc1F)C(=O)CNC(=O)c1ccc(Br)o1. The topological polar surface area (TPSA) is 62.6 Å². The van der Waals surface area contributed by atoms with Crippen LogP contribution in [0.5, 0.6) is 0 Å². The average Bonchev–Trinajstić information content (AvgIpc) is 2.93. The Bertz CT molecular complexity index is 687. The summed E-state index contributed by atoms with van der Waals surface area (Å²) in [6.07, 6.45) is 0. The molecule has 0 radical (unpaired) electrons.